The third-order valence-corrected chi connectivity index (χ3v) is 9.01. The zero-order valence-corrected chi connectivity index (χ0v) is 26.4. The van der Waals surface area contributed by atoms with Crippen LogP contribution >= 0.6 is 0 Å². The lowest BCUT2D eigenvalue weighted by molar-refractivity contribution is 0.0240. The molecule has 1 amide bonds. The summed E-state index contributed by atoms with van der Waals surface area (Å²) in [6.07, 6.45) is 3.11. The molecule has 3 aliphatic rings. The van der Waals surface area contributed by atoms with Gasteiger partial charge in [-0.3, -0.25) is 0 Å². The number of aromatic nitrogens is 2. The molecule has 228 valence electrons. The van der Waals surface area contributed by atoms with Crippen molar-refractivity contribution in [3.8, 4) is 6.01 Å². The highest BCUT2D eigenvalue weighted by Crippen LogP contribution is 2.35. The number of hydrogen-bond acceptors (Lipinski definition) is 9. The first-order chi connectivity index (χ1) is 19.9. The molecular formula is C32H47N7O3. The summed E-state index contributed by atoms with van der Waals surface area (Å²) in [6.45, 7) is 17.7. The van der Waals surface area contributed by atoms with Crippen molar-refractivity contribution in [2.24, 2.45) is 5.92 Å². The lowest BCUT2D eigenvalue weighted by Gasteiger charge is -2.39. The summed E-state index contributed by atoms with van der Waals surface area (Å²) in [5, 5.41) is 8.10. The van der Waals surface area contributed by atoms with Gasteiger partial charge in [-0.25, -0.2) is 4.79 Å². The van der Waals surface area contributed by atoms with Crippen LogP contribution in [0.1, 0.15) is 62.1 Å². The Morgan fingerprint density at radius 2 is 1.76 bits per heavy atom. The van der Waals surface area contributed by atoms with E-state index in [0.29, 0.717) is 57.3 Å². The minimum Gasteiger partial charge on any atom is -0.463 e. The second-order valence-corrected chi connectivity index (χ2v) is 13.1. The Kier molecular flexibility index (Phi) is 8.64. The zero-order chi connectivity index (χ0) is 30.2. The number of rotatable bonds is 6. The molecule has 3 aliphatic heterocycles. The fraction of sp³-hybridized carbons (Fsp3) is 0.625. The van der Waals surface area contributed by atoms with Gasteiger partial charge in [0.1, 0.15) is 11.4 Å². The molecule has 42 heavy (non-hydrogen) atoms. The van der Waals surface area contributed by atoms with Crippen LogP contribution in [-0.4, -0.2) is 96.6 Å². The van der Waals surface area contributed by atoms with Gasteiger partial charge >= 0.3 is 12.1 Å². The van der Waals surface area contributed by atoms with Crippen molar-refractivity contribution >= 4 is 23.8 Å². The highest BCUT2D eigenvalue weighted by molar-refractivity contribution is 5.89. The summed E-state index contributed by atoms with van der Waals surface area (Å²) in [4.78, 5) is 31.5. The van der Waals surface area contributed by atoms with Gasteiger partial charge in [-0.1, -0.05) is 12.1 Å². The number of nitrogens with zero attached hydrogens (tertiary/aromatic N) is 6. The first-order valence-corrected chi connectivity index (χ1v) is 15.3. The molecule has 0 unspecified atom stereocenters. The average molecular weight is 578 g/mol. The number of hydrogen-bond donors (Lipinski definition) is 1. The van der Waals surface area contributed by atoms with E-state index >= 15 is 0 Å². The topological polar surface area (TPSA) is 98.1 Å². The average Bonchev–Trinajstić information content (AvgIpc) is 3.28. The summed E-state index contributed by atoms with van der Waals surface area (Å²) >= 11 is 0. The van der Waals surface area contributed by atoms with Gasteiger partial charge in [-0.2, -0.15) is 9.97 Å². The lowest BCUT2D eigenvalue weighted by Crippen LogP contribution is -2.50. The van der Waals surface area contributed by atoms with E-state index in [-0.39, 0.29) is 6.09 Å². The molecule has 2 saturated heterocycles. The highest BCUT2D eigenvalue weighted by atomic mass is 16.6. The van der Waals surface area contributed by atoms with Crippen LogP contribution in [0.15, 0.2) is 12.1 Å². The van der Waals surface area contributed by atoms with E-state index in [1.165, 1.54) is 6.21 Å². The number of anilines is 2. The second-order valence-electron chi connectivity index (χ2n) is 13.1. The normalized spacial score (nSPS) is 21.4. The molecule has 0 saturated carbocycles. The van der Waals surface area contributed by atoms with Crippen molar-refractivity contribution < 1.29 is 14.3 Å². The molecule has 10 nitrogen and oxygen atoms in total. The van der Waals surface area contributed by atoms with Gasteiger partial charge in [0.05, 0.1) is 18.8 Å². The van der Waals surface area contributed by atoms with E-state index in [1.54, 1.807) is 4.90 Å². The Morgan fingerprint density at radius 1 is 1.05 bits per heavy atom. The predicted molar refractivity (Wildman–Crippen MR) is 166 cm³/mol. The molecule has 4 heterocycles. The Labute approximate surface area is 250 Å². The number of piperazine rings is 1. The summed E-state index contributed by atoms with van der Waals surface area (Å²) in [5.41, 5.74) is 5.93. The summed E-state index contributed by atoms with van der Waals surface area (Å²) < 4.78 is 11.9. The Hall–Kier alpha value is -3.40. The molecular weight excluding hydrogens is 530 g/mol. The van der Waals surface area contributed by atoms with Crippen molar-refractivity contribution in [1.82, 2.24) is 19.8 Å². The molecule has 0 radical (unpaired) electrons. The third kappa shape index (κ3) is 6.33. The number of carbonyl (C=O) groups excluding carboxylic acids is 1. The number of carbonyl (C=O) groups is 1. The van der Waals surface area contributed by atoms with Gasteiger partial charge < -0.3 is 34.5 Å². The van der Waals surface area contributed by atoms with Gasteiger partial charge in [0.2, 0.25) is 0 Å². The second kappa shape index (κ2) is 12.1. The van der Waals surface area contributed by atoms with Crippen LogP contribution < -0.4 is 14.5 Å². The molecule has 1 aromatic heterocycles. The van der Waals surface area contributed by atoms with Crippen LogP contribution in [0.4, 0.5) is 16.3 Å². The van der Waals surface area contributed by atoms with Crippen LogP contribution in [0.25, 0.3) is 0 Å². The third-order valence-electron chi connectivity index (χ3n) is 9.01. The van der Waals surface area contributed by atoms with Crippen LogP contribution in [0.2, 0.25) is 0 Å². The predicted octanol–water partition coefficient (Wildman–Crippen LogP) is 4.43. The molecule has 1 N–H and O–H groups in total. The molecule has 1 aromatic carbocycles. The standard InChI is InChI=1S/C32H47N7O3/c1-21-8-9-22(2)28(26(21)18-33)39-13-11-25-27(19-39)34-30(41-20-24-10-12-36(7)23(24)3)35-29(25)37-14-16-38(17-15-37)31(40)42-32(4,5)6/h8-9,18,23-24,33H,10-17,19-20H2,1-7H3/t23-,24+/m1/s1. The number of benzene rings is 1. The van der Waals surface area contributed by atoms with E-state index < -0.39 is 5.60 Å². The number of aryl methyl sites for hydroxylation is 2. The van der Waals surface area contributed by atoms with Gasteiger partial charge in [-0.15, -0.1) is 0 Å². The van der Waals surface area contributed by atoms with Crippen molar-refractivity contribution in [3.63, 3.8) is 0 Å². The maximum atomic E-state index is 12.7. The molecule has 2 fully saturated rings. The van der Waals surface area contributed by atoms with Crippen LogP contribution in [0.3, 0.4) is 0 Å². The maximum Gasteiger partial charge on any atom is 0.410 e. The fourth-order valence-electron chi connectivity index (χ4n) is 6.33. The number of nitrogens with one attached hydrogen (secondary N) is 1. The van der Waals surface area contributed by atoms with Crippen molar-refractivity contribution in [2.75, 3.05) is 62.7 Å². The number of fused-ring (bicyclic) bond motifs is 1. The SMILES string of the molecule is Cc1ccc(C)c(N2CCc3c(nc(OC[C@@H]4CCN(C)[C@@H]4C)nc3N3CCN(C(=O)OC(C)(C)C)CC3)C2)c1C=N. The summed E-state index contributed by atoms with van der Waals surface area (Å²) in [5.74, 6) is 1.36. The number of likely N-dealkylation sites (tertiary alicyclic amines) is 1. The summed E-state index contributed by atoms with van der Waals surface area (Å²) in [6, 6.07) is 5.11. The van der Waals surface area contributed by atoms with E-state index in [4.69, 9.17) is 24.9 Å². The van der Waals surface area contributed by atoms with E-state index in [9.17, 15) is 4.79 Å². The maximum absolute atomic E-state index is 12.7. The first kappa shape index (κ1) is 30.1. The molecule has 0 spiro atoms. The Balaban J connectivity index is 1.41. The first-order valence-electron chi connectivity index (χ1n) is 15.3. The molecule has 0 bridgehead atoms. The zero-order valence-electron chi connectivity index (χ0n) is 26.4. The molecule has 2 atom stereocenters. The van der Waals surface area contributed by atoms with Crippen LogP contribution in [0, 0.1) is 25.2 Å². The summed E-state index contributed by atoms with van der Waals surface area (Å²) in [7, 11) is 2.17. The fourth-order valence-corrected chi connectivity index (χ4v) is 6.33. The lowest BCUT2D eigenvalue weighted by atomic mass is 9.98. The van der Waals surface area contributed by atoms with E-state index in [2.05, 4.69) is 54.7 Å². The molecule has 10 heteroatoms. The molecule has 2 aromatic rings. The van der Waals surface area contributed by atoms with Gasteiger partial charge in [0, 0.05) is 67.7 Å². The largest absolute Gasteiger partial charge is 0.463 e. The Bertz CT molecular complexity index is 1320. The quantitative estimate of drug-likeness (QED) is 0.504. The highest BCUT2D eigenvalue weighted by Gasteiger charge is 2.32. The number of ether oxygens (including phenoxy) is 2. The van der Waals surface area contributed by atoms with Gasteiger partial charge in [0.25, 0.3) is 0 Å². The minimum atomic E-state index is -0.517. The van der Waals surface area contributed by atoms with E-state index in [1.807, 2.05) is 20.8 Å². The molecule has 0 aliphatic carbocycles. The van der Waals surface area contributed by atoms with Crippen molar-refractivity contribution in [2.45, 2.75) is 72.6 Å². The Morgan fingerprint density at radius 3 is 2.40 bits per heavy atom. The smallest absolute Gasteiger partial charge is 0.410 e. The van der Waals surface area contributed by atoms with Crippen LogP contribution in [0.5, 0.6) is 6.01 Å². The molecule has 5 rings (SSSR count). The number of amides is 1. The van der Waals surface area contributed by atoms with E-state index in [0.717, 1.165) is 65.4 Å². The van der Waals surface area contributed by atoms with Crippen molar-refractivity contribution in [1.29, 1.82) is 5.41 Å². The van der Waals surface area contributed by atoms with Gasteiger partial charge in [-0.05, 0) is 79.1 Å². The van der Waals surface area contributed by atoms with Gasteiger partial charge in [0.15, 0.2) is 0 Å². The monoisotopic (exact) mass is 577 g/mol. The van der Waals surface area contributed by atoms with Crippen LogP contribution in [-0.2, 0) is 17.7 Å². The van der Waals surface area contributed by atoms with Crippen molar-refractivity contribution in [3.05, 3.63) is 40.1 Å². The minimum absolute atomic E-state index is 0.266.